The number of alkyl halides is 9. The summed E-state index contributed by atoms with van der Waals surface area (Å²) in [7, 11) is 0. The summed E-state index contributed by atoms with van der Waals surface area (Å²) in [5.74, 6) is -6.83. The Bertz CT molecular complexity index is 891. The molecule has 1 aliphatic rings. The molecule has 1 unspecified atom stereocenters. The van der Waals surface area contributed by atoms with Gasteiger partial charge in [-0.3, -0.25) is 0 Å². The molecule has 0 saturated heterocycles. The minimum atomic E-state index is -6.86. The highest BCUT2D eigenvalue weighted by Crippen LogP contribution is 2.63. The molecule has 0 N–H and O–H groups in total. The summed E-state index contributed by atoms with van der Waals surface area (Å²) in [6.07, 6.45) is -12.8. The van der Waals surface area contributed by atoms with Crippen LogP contribution in [0.3, 0.4) is 0 Å². The molecule has 0 fully saturated rings. The molecule has 1 atom stereocenters. The minimum absolute atomic E-state index is 0.0802. The summed E-state index contributed by atoms with van der Waals surface area (Å²) in [5.41, 5.74) is -11.4. The van der Waals surface area contributed by atoms with Crippen molar-refractivity contribution in [3.05, 3.63) is 54.7 Å². The Morgan fingerprint density at radius 1 is 0.828 bits per heavy atom. The van der Waals surface area contributed by atoms with Crippen LogP contribution >= 0.6 is 45.2 Å². The lowest BCUT2D eigenvalue weighted by atomic mass is 9.62. The van der Waals surface area contributed by atoms with Crippen molar-refractivity contribution in [1.29, 1.82) is 5.26 Å². The van der Waals surface area contributed by atoms with Gasteiger partial charge in [-0.15, -0.1) is 0 Å². The van der Waals surface area contributed by atoms with E-state index in [1.165, 1.54) is 51.3 Å². The average molecular weight is 651 g/mol. The van der Waals surface area contributed by atoms with Gasteiger partial charge in [0, 0.05) is 6.42 Å². The maximum atomic E-state index is 15.7. The second-order valence-electron chi connectivity index (χ2n) is 6.11. The summed E-state index contributed by atoms with van der Waals surface area (Å²) in [6, 6.07) is 5.27. The van der Waals surface area contributed by atoms with Crippen molar-refractivity contribution in [3.63, 3.8) is 0 Å². The number of halogens is 11. The van der Waals surface area contributed by atoms with Crippen LogP contribution in [-0.4, -0.2) is 23.9 Å². The van der Waals surface area contributed by atoms with E-state index in [1.54, 1.807) is 0 Å². The van der Waals surface area contributed by atoms with Crippen molar-refractivity contribution in [2.24, 2.45) is 0 Å². The number of nitriles is 1. The van der Waals surface area contributed by atoms with Crippen LogP contribution in [0.15, 0.2) is 43.6 Å². The van der Waals surface area contributed by atoms with E-state index < -0.39 is 40.5 Å². The molecule has 0 amide bonds. The van der Waals surface area contributed by atoms with E-state index in [4.69, 9.17) is 0 Å². The molecular weight excluding hydrogens is 643 g/mol. The zero-order chi connectivity index (χ0) is 22.5. The van der Waals surface area contributed by atoms with Crippen molar-refractivity contribution in [1.82, 2.24) is 0 Å². The Kier molecular flexibility index (Phi) is 6.38. The predicted octanol–water partition coefficient (Wildman–Crippen LogP) is 7.31. The summed E-state index contributed by atoms with van der Waals surface area (Å²) in [4.78, 5) is 0. The van der Waals surface area contributed by atoms with Gasteiger partial charge in [-0.1, -0.05) is 30.4 Å². The van der Waals surface area contributed by atoms with Crippen molar-refractivity contribution in [2.45, 2.75) is 35.8 Å². The maximum Gasteiger partial charge on any atom is 0.457 e. The molecule has 0 aliphatic heterocycles. The number of rotatable bonds is 3. The lowest BCUT2D eigenvalue weighted by Gasteiger charge is -2.48. The molecule has 1 aromatic rings. The van der Waals surface area contributed by atoms with Crippen molar-refractivity contribution >= 4 is 45.2 Å². The Hall–Kier alpha value is -0.980. The molecule has 1 nitrogen and oxygen atoms in total. The summed E-state index contributed by atoms with van der Waals surface area (Å²) < 4.78 is 125. The second-order valence-corrected chi connectivity index (χ2v) is 8.89. The molecule has 0 spiro atoms. The van der Waals surface area contributed by atoms with Gasteiger partial charge in [-0.25, -0.2) is 4.39 Å². The van der Waals surface area contributed by atoms with Gasteiger partial charge in [0.15, 0.2) is 0 Å². The first-order valence-electron chi connectivity index (χ1n) is 7.49. The van der Waals surface area contributed by atoms with Gasteiger partial charge in [0.1, 0.15) is 0 Å². The van der Waals surface area contributed by atoms with E-state index in [0.717, 1.165) is 24.3 Å². The van der Waals surface area contributed by atoms with Crippen LogP contribution in [0.4, 0.5) is 39.5 Å². The molecule has 0 aromatic heterocycles. The lowest BCUT2D eigenvalue weighted by molar-refractivity contribution is -0.392. The Morgan fingerprint density at radius 2 is 1.31 bits per heavy atom. The Morgan fingerprint density at radius 3 is 1.72 bits per heavy atom. The maximum absolute atomic E-state index is 15.7. The van der Waals surface area contributed by atoms with Crippen LogP contribution in [0.25, 0.3) is 0 Å². The second kappa shape index (κ2) is 7.61. The third-order valence-corrected chi connectivity index (χ3v) is 5.73. The first-order chi connectivity index (χ1) is 13.0. The largest absolute Gasteiger partial charge is 0.457 e. The molecule has 2 rings (SSSR count). The fourth-order valence-electron chi connectivity index (χ4n) is 3.15. The highest BCUT2D eigenvalue weighted by Gasteiger charge is 2.87. The minimum Gasteiger partial charge on any atom is -0.225 e. The van der Waals surface area contributed by atoms with E-state index >= 15 is 4.39 Å². The topological polar surface area (TPSA) is 23.8 Å². The molecule has 0 bridgehead atoms. The fraction of sp³-hybridized carbons (Fsp3) is 0.353. The van der Waals surface area contributed by atoms with Crippen LogP contribution in [0.2, 0.25) is 0 Å². The van der Waals surface area contributed by atoms with Gasteiger partial charge in [0.25, 0.3) is 5.67 Å². The Balaban J connectivity index is 3.13. The number of hydrogen-bond acceptors (Lipinski definition) is 1. The number of allylic oxidation sites excluding steroid dienone is 4. The first kappa shape index (κ1) is 24.3. The van der Waals surface area contributed by atoms with Crippen LogP contribution in [0.5, 0.6) is 0 Å². The first-order valence-corrected chi connectivity index (χ1v) is 9.65. The Labute approximate surface area is 185 Å². The molecule has 12 heteroatoms. The summed E-state index contributed by atoms with van der Waals surface area (Å²) >= 11 is 2.87. The molecule has 158 valence electrons. The molecule has 0 radical (unpaired) electrons. The van der Waals surface area contributed by atoms with Crippen molar-refractivity contribution in [3.8, 4) is 6.07 Å². The van der Waals surface area contributed by atoms with Crippen LogP contribution in [0.1, 0.15) is 17.5 Å². The summed E-state index contributed by atoms with van der Waals surface area (Å²) in [6.45, 7) is 0. The lowest BCUT2D eigenvalue weighted by Crippen LogP contribution is -2.71. The zero-order valence-corrected chi connectivity index (χ0v) is 18.1. The van der Waals surface area contributed by atoms with Gasteiger partial charge >= 0.3 is 18.3 Å². The zero-order valence-electron chi connectivity index (χ0n) is 13.8. The molecule has 0 heterocycles. The number of nitrogens with zero attached hydrogens (tertiary/aromatic N) is 1. The predicted molar refractivity (Wildman–Crippen MR) is 103 cm³/mol. The number of benzene rings is 1. The standard InChI is InChI=1S/C17H8F9I2N/c18-14(16(21,22)23,15(19,20)17(24,25)26)13(6-10(27)5-11(28)7-13)12-4-2-1-3-9(12)8-29/h1-4,6-7H,5H2. The van der Waals surface area contributed by atoms with Gasteiger partial charge in [-0.05, 0) is 64.0 Å². The highest BCUT2D eigenvalue weighted by atomic mass is 127. The van der Waals surface area contributed by atoms with Crippen LogP contribution < -0.4 is 0 Å². The molecule has 1 aliphatic carbocycles. The number of hydrogen-bond donors (Lipinski definition) is 0. The average Bonchev–Trinajstić information content (AvgIpc) is 2.57. The third kappa shape index (κ3) is 3.66. The van der Waals surface area contributed by atoms with Crippen molar-refractivity contribution < 1.29 is 39.5 Å². The van der Waals surface area contributed by atoms with E-state index in [-0.39, 0.29) is 13.6 Å². The third-order valence-electron chi connectivity index (χ3n) is 4.35. The monoisotopic (exact) mass is 651 g/mol. The van der Waals surface area contributed by atoms with E-state index in [9.17, 15) is 40.4 Å². The van der Waals surface area contributed by atoms with E-state index in [0.29, 0.717) is 12.2 Å². The quantitative estimate of drug-likeness (QED) is 0.249. The van der Waals surface area contributed by atoms with E-state index in [1.807, 2.05) is 0 Å². The van der Waals surface area contributed by atoms with E-state index in [2.05, 4.69) is 0 Å². The van der Waals surface area contributed by atoms with Crippen LogP contribution in [-0.2, 0) is 5.41 Å². The summed E-state index contributed by atoms with van der Waals surface area (Å²) in [5, 5.41) is 9.22. The molecule has 0 saturated carbocycles. The smallest absolute Gasteiger partial charge is 0.225 e. The molecular formula is C17H8F9I2N. The molecule has 29 heavy (non-hydrogen) atoms. The van der Waals surface area contributed by atoms with Gasteiger partial charge in [0.2, 0.25) is 0 Å². The fourth-order valence-corrected chi connectivity index (χ4v) is 5.68. The van der Waals surface area contributed by atoms with Gasteiger partial charge < -0.3 is 0 Å². The highest BCUT2D eigenvalue weighted by molar-refractivity contribution is 14.1. The van der Waals surface area contributed by atoms with Gasteiger partial charge in [0.05, 0.1) is 17.0 Å². The van der Waals surface area contributed by atoms with Crippen LogP contribution in [0, 0.1) is 11.3 Å². The normalized spacial score (nSPS) is 19.7. The SMILES string of the molecule is N#Cc1ccccc1C1(C(F)(C(F)(F)F)C(F)(F)C(F)(F)F)C=C(I)CC(I)=C1. The van der Waals surface area contributed by atoms with Gasteiger partial charge in [-0.2, -0.15) is 40.4 Å². The van der Waals surface area contributed by atoms with Crippen molar-refractivity contribution in [2.75, 3.05) is 0 Å². The molecule has 1 aromatic carbocycles.